The minimum atomic E-state index is -3.94. The Hall–Kier alpha value is -3.50. The molecule has 0 aliphatic carbocycles. The van der Waals surface area contributed by atoms with Crippen LogP contribution in [0.2, 0.25) is 0 Å². The van der Waals surface area contributed by atoms with Crippen molar-refractivity contribution < 1.29 is 27.2 Å². The van der Waals surface area contributed by atoms with Crippen LogP contribution in [0.4, 0.5) is 5.69 Å². The lowest BCUT2D eigenvalue weighted by atomic mass is 10.2. The van der Waals surface area contributed by atoms with Crippen molar-refractivity contribution >= 4 is 27.6 Å². The number of nitrogens with zero attached hydrogens (tertiary/aromatic N) is 1. The first-order valence-corrected chi connectivity index (χ1v) is 9.85. The fourth-order valence-corrected chi connectivity index (χ4v) is 3.28. The molecule has 0 spiro atoms. The quantitative estimate of drug-likeness (QED) is 0.566. The number of carbonyl (C=O) groups excluding carboxylic acids is 2. The van der Waals surface area contributed by atoms with Crippen LogP contribution in [-0.4, -0.2) is 32.4 Å². The van der Waals surface area contributed by atoms with Gasteiger partial charge in [0.25, 0.3) is 15.9 Å². The molecule has 0 unspecified atom stereocenters. The van der Waals surface area contributed by atoms with Gasteiger partial charge in [0.05, 0.1) is 12.7 Å². The molecule has 29 heavy (non-hydrogen) atoms. The summed E-state index contributed by atoms with van der Waals surface area (Å²) in [6.45, 7) is 0.0327. The maximum absolute atomic E-state index is 12.3. The Morgan fingerprint density at radius 2 is 1.86 bits per heavy atom. The lowest BCUT2D eigenvalue weighted by molar-refractivity contribution is 0.0600. The molecule has 3 rings (SSSR count). The third-order valence-corrected chi connectivity index (χ3v) is 5.10. The molecule has 150 valence electrons. The van der Waals surface area contributed by atoms with E-state index < -0.39 is 21.9 Å². The number of anilines is 1. The molecule has 0 bridgehead atoms. The molecule has 3 aromatic rings. The maximum Gasteiger partial charge on any atom is 0.337 e. The smallest absolute Gasteiger partial charge is 0.337 e. The van der Waals surface area contributed by atoms with Crippen LogP contribution in [0.3, 0.4) is 0 Å². The van der Waals surface area contributed by atoms with E-state index >= 15 is 0 Å². The summed E-state index contributed by atoms with van der Waals surface area (Å²) in [5.41, 5.74) is 1.41. The number of carbonyl (C=O) groups is 2. The minimum Gasteiger partial charge on any atom is -0.465 e. The van der Waals surface area contributed by atoms with E-state index in [1.165, 1.54) is 49.7 Å². The van der Waals surface area contributed by atoms with Crippen molar-refractivity contribution in [1.82, 2.24) is 9.71 Å². The highest BCUT2D eigenvalue weighted by molar-refractivity contribution is 7.89. The van der Waals surface area contributed by atoms with Gasteiger partial charge in [-0.2, -0.15) is 0 Å². The fraction of sp³-hybridized carbons (Fsp3) is 0.105. The number of methoxy groups -OCH3 is 1. The summed E-state index contributed by atoms with van der Waals surface area (Å²) in [7, 11) is -2.67. The molecule has 1 amide bonds. The number of hydrogen-bond acceptors (Lipinski definition) is 7. The first-order valence-electron chi connectivity index (χ1n) is 8.37. The molecule has 0 saturated carbocycles. The number of benzene rings is 1. The number of furan rings is 1. The maximum atomic E-state index is 12.3. The molecular weight excluding hydrogens is 398 g/mol. The first kappa shape index (κ1) is 20.2. The summed E-state index contributed by atoms with van der Waals surface area (Å²) in [5.74, 6) is -1.31. The van der Waals surface area contributed by atoms with E-state index in [0.29, 0.717) is 16.8 Å². The van der Waals surface area contributed by atoms with Gasteiger partial charge in [0.2, 0.25) is 5.09 Å². The van der Waals surface area contributed by atoms with Gasteiger partial charge in [-0.15, -0.1) is 0 Å². The molecule has 0 atom stereocenters. The first-order chi connectivity index (χ1) is 13.9. The molecule has 9 nitrogen and oxygen atoms in total. The second-order valence-electron chi connectivity index (χ2n) is 5.83. The molecule has 10 heteroatoms. The van der Waals surface area contributed by atoms with E-state index in [0.717, 1.165) is 0 Å². The van der Waals surface area contributed by atoms with Gasteiger partial charge in [0.15, 0.2) is 5.76 Å². The monoisotopic (exact) mass is 415 g/mol. The molecule has 2 aromatic heterocycles. The van der Waals surface area contributed by atoms with Gasteiger partial charge in [0.1, 0.15) is 0 Å². The van der Waals surface area contributed by atoms with Crippen LogP contribution in [0.5, 0.6) is 0 Å². The largest absolute Gasteiger partial charge is 0.465 e. The standard InChI is InChI=1S/C19H17N3O6S/c1-27-19(24)14-4-6-15(7-5-14)22-18(23)16-8-9-17(28-16)29(25,26)21-12-13-3-2-10-20-11-13/h2-11,21H,12H2,1H3,(H,22,23). The highest BCUT2D eigenvalue weighted by Crippen LogP contribution is 2.17. The van der Waals surface area contributed by atoms with Gasteiger partial charge >= 0.3 is 5.97 Å². The topological polar surface area (TPSA) is 128 Å². The second-order valence-corrected chi connectivity index (χ2v) is 7.53. The Morgan fingerprint density at radius 1 is 1.10 bits per heavy atom. The summed E-state index contributed by atoms with van der Waals surface area (Å²) >= 11 is 0. The van der Waals surface area contributed by atoms with Gasteiger partial charge in [-0.25, -0.2) is 17.9 Å². The third-order valence-electron chi connectivity index (χ3n) is 3.82. The summed E-state index contributed by atoms with van der Waals surface area (Å²) in [4.78, 5) is 27.6. The number of nitrogens with one attached hydrogen (secondary N) is 2. The summed E-state index contributed by atoms with van der Waals surface area (Å²) in [6.07, 6.45) is 3.12. The number of aromatic nitrogens is 1. The van der Waals surface area contributed by atoms with E-state index in [1.807, 2.05) is 0 Å². The highest BCUT2D eigenvalue weighted by atomic mass is 32.2. The normalized spacial score (nSPS) is 11.1. The minimum absolute atomic E-state index is 0.0327. The molecule has 0 saturated heterocycles. The number of sulfonamides is 1. The number of esters is 1. The Bertz CT molecular complexity index is 1110. The van der Waals surface area contributed by atoms with Crippen molar-refractivity contribution in [2.75, 3.05) is 12.4 Å². The van der Waals surface area contributed by atoms with Crippen LogP contribution in [0.25, 0.3) is 0 Å². The number of rotatable bonds is 7. The third kappa shape index (κ3) is 5.06. The predicted molar refractivity (Wildman–Crippen MR) is 103 cm³/mol. The molecule has 0 fully saturated rings. The van der Waals surface area contributed by atoms with Gasteiger partial charge in [-0.05, 0) is 48.0 Å². The van der Waals surface area contributed by atoms with Crippen LogP contribution in [0.1, 0.15) is 26.5 Å². The van der Waals surface area contributed by atoms with Crippen molar-refractivity contribution in [3.8, 4) is 0 Å². The van der Waals surface area contributed by atoms with Crippen LogP contribution in [-0.2, 0) is 21.3 Å². The van der Waals surface area contributed by atoms with Gasteiger partial charge in [0, 0.05) is 24.6 Å². The molecule has 0 aliphatic rings. The van der Waals surface area contributed by atoms with Crippen molar-refractivity contribution in [3.05, 3.63) is 77.8 Å². The van der Waals surface area contributed by atoms with Crippen LogP contribution < -0.4 is 10.0 Å². The van der Waals surface area contributed by atoms with Crippen LogP contribution in [0, 0.1) is 0 Å². The highest BCUT2D eigenvalue weighted by Gasteiger charge is 2.21. The SMILES string of the molecule is COC(=O)c1ccc(NC(=O)c2ccc(S(=O)(=O)NCc3cccnc3)o2)cc1. The molecule has 0 aliphatic heterocycles. The van der Waals surface area contributed by atoms with Gasteiger partial charge in [-0.3, -0.25) is 9.78 Å². The molecule has 1 aromatic carbocycles. The van der Waals surface area contributed by atoms with E-state index in [9.17, 15) is 18.0 Å². The van der Waals surface area contributed by atoms with E-state index in [2.05, 4.69) is 19.8 Å². The second kappa shape index (κ2) is 8.67. The van der Waals surface area contributed by atoms with Gasteiger partial charge < -0.3 is 14.5 Å². The number of hydrogen-bond donors (Lipinski definition) is 2. The van der Waals surface area contributed by atoms with Crippen LogP contribution in [0.15, 0.2) is 70.4 Å². The summed E-state index contributed by atoms with van der Waals surface area (Å²) < 4.78 is 36.8. The summed E-state index contributed by atoms with van der Waals surface area (Å²) in [6, 6.07) is 11.9. The zero-order chi connectivity index (χ0) is 20.9. The molecule has 2 heterocycles. The Morgan fingerprint density at radius 3 is 2.52 bits per heavy atom. The zero-order valence-corrected chi connectivity index (χ0v) is 16.1. The number of pyridine rings is 1. The Kier molecular flexibility index (Phi) is 6.05. The Balaban J connectivity index is 1.65. The summed E-state index contributed by atoms with van der Waals surface area (Å²) in [5, 5.41) is 2.17. The van der Waals surface area contributed by atoms with Crippen molar-refractivity contribution in [1.29, 1.82) is 0 Å². The van der Waals surface area contributed by atoms with Crippen LogP contribution >= 0.6 is 0 Å². The lowest BCUT2D eigenvalue weighted by Gasteiger charge is -2.05. The number of ether oxygens (including phenoxy) is 1. The van der Waals surface area contributed by atoms with E-state index in [4.69, 9.17) is 4.42 Å². The molecule has 0 radical (unpaired) electrons. The Labute approximate surface area is 166 Å². The van der Waals surface area contributed by atoms with Crippen molar-refractivity contribution in [2.24, 2.45) is 0 Å². The van der Waals surface area contributed by atoms with E-state index in [-0.39, 0.29) is 17.4 Å². The fourth-order valence-electron chi connectivity index (χ4n) is 2.34. The van der Waals surface area contributed by atoms with Crippen molar-refractivity contribution in [2.45, 2.75) is 11.6 Å². The average Bonchev–Trinajstić information content (AvgIpc) is 3.25. The zero-order valence-electron chi connectivity index (χ0n) is 15.3. The van der Waals surface area contributed by atoms with Crippen molar-refractivity contribution in [3.63, 3.8) is 0 Å². The van der Waals surface area contributed by atoms with E-state index in [1.54, 1.807) is 18.3 Å². The lowest BCUT2D eigenvalue weighted by Crippen LogP contribution is -2.22. The predicted octanol–water partition coefficient (Wildman–Crippen LogP) is 2.19. The molecular formula is C19H17N3O6S. The average molecular weight is 415 g/mol. The van der Waals surface area contributed by atoms with Gasteiger partial charge in [-0.1, -0.05) is 6.07 Å². The number of amides is 1. The molecule has 2 N–H and O–H groups in total.